The average molecular weight is 160 g/mol. The van der Waals surface area contributed by atoms with Gasteiger partial charge in [0.25, 0.3) is 0 Å². The van der Waals surface area contributed by atoms with E-state index >= 15 is 0 Å². The predicted octanol–water partition coefficient (Wildman–Crippen LogP) is 1.11. The Morgan fingerprint density at radius 1 is 1.70 bits per heavy atom. The second-order valence-electron chi connectivity index (χ2n) is 1.90. The first-order chi connectivity index (χ1) is 4.86. The van der Waals surface area contributed by atoms with E-state index in [0.29, 0.717) is 12.2 Å². The summed E-state index contributed by atoms with van der Waals surface area (Å²) in [6.07, 6.45) is 0.755. The van der Waals surface area contributed by atoms with Crippen LogP contribution in [0, 0.1) is 0 Å². The Morgan fingerprint density at radius 2 is 2.50 bits per heavy atom. The van der Waals surface area contributed by atoms with E-state index in [2.05, 4.69) is 4.98 Å². The highest BCUT2D eigenvalue weighted by Crippen LogP contribution is 2.10. The lowest BCUT2D eigenvalue weighted by Crippen LogP contribution is -2.02. The maximum absolute atomic E-state index is 11.9. The normalized spacial score (nSPS) is 10.2. The van der Waals surface area contributed by atoms with E-state index in [1.165, 1.54) is 11.3 Å². The highest BCUT2D eigenvalue weighted by molar-refractivity contribution is 7.09. The Labute approximate surface area is 62.9 Å². The van der Waals surface area contributed by atoms with Crippen molar-refractivity contribution in [1.82, 2.24) is 4.98 Å². The molecule has 4 heteroatoms. The molecule has 2 nitrogen and oxygen atoms in total. The van der Waals surface area contributed by atoms with Crippen molar-refractivity contribution < 1.29 is 4.39 Å². The number of halogens is 1. The maximum atomic E-state index is 11.9. The Hall–Kier alpha value is -0.480. The van der Waals surface area contributed by atoms with E-state index in [0.717, 1.165) is 11.4 Å². The number of alkyl halides is 1. The number of rotatable bonds is 3. The van der Waals surface area contributed by atoms with Gasteiger partial charge in [-0.3, -0.25) is 0 Å². The first kappa shape index (κ1) is 7.63. The smallest absolute Gasteiger partial charge is 0.132 e. The van der Waals surface area contributed by atoms with Gasteiger partial charge in [-0.05, 0) is 6.54 Å². The molecule has 56 valence electrons. The van der Waals surface area contributed by atoms with Gasteiger partial charge in [0.2, 0.25) is 0 Å². The van der Waals surface area contributed by atoms with Gasteiger partial charge in [0.15, 0.2) is 0 Å². The molecular weight excluding hydrogens is 151 g/mol. The van der Waals surface area contributed by atoms with Crippen LogP contribution >= 0.6 is 11.3 Å². The van der Waals surface area contributed by atoms with Crippen LogP contribution in [-0.2, 0) is 13.1 Å². The summed E-state index contributed by atoms with van der Waals surface area (Å²) in [6.45, 7) is 0.111. The second-order valence-corrected chi connectivity index (χ2v) is 2.85. The molecule has 2 N–H and O–H groups in total. The molecule has 0 aliphatic rings. The lowest BCUT2D eigenvalue weighted by atomic mass is 10.4. The van der Waals surface area contributed by atoms with Gasteiger partial charge >= 0.3 is 0 Å². The summed E-state index contributed by atoms with van der Waals surface area (Å²) >= 11 is 1.47. The molecule has 0 spiro atoms. The Bertz CT molecular complexity index is 199. The number of aromatic nitrogens is 1. The average Bonchev–Trinajstić information content (AvgIpc) is 2.37. The first-order valence-electron chi connectivity index (χ1n) is 3.06. The number of hydrogen-bond acceptors (Lipinski definition) is 3. The molecule has 0 atom stereocenters. The van der Waals surface area contributed by atoms with E-state index in [1.807, 2.05) is 0 Å². The van der Waals surface area contributed by atoms with Crippen molar-refractivity contribution in [3.05, 3.63) is 16.1 Å². The largest absolute Gasteiger partial charge is 0.330 e. The Kier molecular flexibility index (Phi) is 2.77. The summed E-state index contributed by atoms with van der Waals surface area (Å²) in [5.74, 6) is 0. The van der Waals surface area contributed by atoms with E-state index < -0.39 is 6.67 Å². The highest BCUT2D eigenvalue weighted by atomic mass is 32.1. The molecule has 0 fully saturated rings. The van der Waals surface area contributed by atoms with Gasteiger partial charge in [-0.25, -0.2) is 9.37 Å². The maximum Gasteiger partial charge on any atom is 0.132 e. The van der Waals surface area contributed by atoms with Crippen LogP contribution in [0.15, 0.2) is 5.38 Å². The van der Waals surface area contributed by atoms with Gasteiger partial charge < -0.3 is 5.73 Å². The monoisotopic (exact) mass is 160 g/mol. The molecule has 0 saturated heterocycles. The SMILES string of the molecule is NCCc1nc(CF)cs1. The quantitative estimate of drug-likeness (QED) is 0.719. The van der Waals surface area contributed by atoms with Crippen LogP contribution < -0.4 is 5.73 Å². The molecule has 1 rings (SSSR count). The molecule has 1 heterocycles. The van der Waals surface area contributed by atoms with Gasteiger partial charge in [-0.2, -0.15) is 0 Å². The number of thiazole rings is 1. The summed E-state index contributed by atoms with van der Waals surface area (Å²) in [7, 11) is 0. The minimum absolute atomic E-state index is 0.471. The second kappa shape index (κ2) is 3.63. The number of hydrogen-bond donors (Lipinski definition) is 1. The highest BCUT2D eigenvalue weighted by Gasteiger charge is 1.98. The third-order valence-corrected chi connectivity index (χ3v) is 2.05. The van der Waals surface area contributed by atoms with Crippen molar-refractivity contribution in [2.75, 3.05) is 6.54 Å². The predicted molar refractivity (Wildman–Crippen MR) is 39.7 cm³/mol. The van der Waals surface area contributed by atoms with Crippen LogP contribution in [-0.4, -0.2) is 11.5 Å². The minimum Gasteiger partial charge on any atom is -0.330 e. The van der Waals surface area contributed by atoms with Crippen molar-refractivity contribution >= 4 is 11.3 Å². The zero-order valence-electron chi connectivity index (χ0n) is 5.51. The molecule has 0 bridgehead atoms. The standard InChI is InChI=1S/C6H9FN2S/c7-3-5-4-10-6(9-5)1-2-8/h4H,1-3,8H2. The van der Waals surface area contributed by atoms with Gasteiger partial charge in [0.05, 0.1) is 10.7 Å². The van der Waals surface area contributed by atoms with Gasteiger partial charge in [-0.15, -0.1) is 11.3 Å². The fourth-order valence-electron chi connectivity index (χ4n) is 0.649. The third-order valence-electron chi connectivity index (χ3n) is 1.09. The van der Waals surface area contributed by atoms with Crippen molar-refractivity contribution in [1.29, 1.82) is 0 Å². The number of nitrogens with zero attached hydrogens (tertiary/aromatic N) is 1. The van der Waals surface area contributed by atoms with E-state index in [4.69, 9.17) is 5.73 Å². The fraction of sp³-hybridized carbons (Fsp3) is 0.500. The van der Waals surface area contributed by atoms with Gasteiger partial charge in [-0.1, -0.05) is 0 Å². The van der Waals surface area contributed by atoms with E-state index in [9.17, 15) is 4.39 Å². The molecule has 0 radical (unpaired) electrons. The van der Waals surface area contributed by atoms with Crippen LogP contribution in [0.4, 0.5) is 4.39 Å². The van der Waals surface area contributed by atoms with Crippen LogP contribution in [0.25, 0.3) is 0 Å². The molecule has 1 aromatic heterocycles. The summed E-state index contributed by atoms with van der Waals surface area (Å²) in [5, 5.41) is 2.65. The summed E-state index contributed by atoms with van der Waals surface area (Å²) in [4.78, 5) is 3.98. The molecule has 0 amide bonds. The van der Waals surface area contributed by atoms with Gasteiger partial charge in [0, 0.05) is 11.8 Å². The van der Waals surface area contributed by atoms with Crippen LogP contribution in [0.3, 0.4) is 0 Å². The molecule has 10 heavy (non-hydrogen) atoms. The molecule has 1 aromatic rings. The molecule has 0 aliphatic heterocycles. The topological polar surface area (TPSA) is 38.9 Å². The molecule has 0 aromatic carbocycles. The van der Waals surface area contributed by atoms with Crippen molar-refractivity contribution in [2.45, 2.75) is 13.1 Å². The summed E-state index contributed by atoms with van der Waals surface area (Å²) in [6, 6.07) is 0. The summed E-state index contributed by atoms with van der Waals surface area (Å²) < 4.78 is 11.9. The molecular formula is C6H9FN2S. The van der Waals surface area contributed by atoms with Crippen LogP contribution in [0.2, 0.25) is 0 Å². The Balaban J connectivity index is 2.59. The molecule has 0 unspecified atom stereocenters. The van der Waals surface area contributed by atoms with Crippen molar-refractivity contribution in [2.24, 2.45) is 5.73 Å². The zero-order valence-corrected chi connectivity index (χ0v) is 6.33. The fourth-order valence-corrected chi connectivity index (χ4v) is 1.44. The Morgan fingerprint density at radius 3 is 3.00 bits per heavy atom. The van der Waals surface area contributed by atoms with Crippen molar-refractivity contribution in [3.8, 4) is 0 Å². The van der Waals surface area contributed by atoms with Crippen LogP contribution in [0.1, 0.15) is 10.7 Å². The third kappa shape index (κ3) is 1.75. The molecule has 0 aliphatic carbocycles. The zero-order chi connectivity index (χ0) is 7.40. The lowest BCUT2D eigenvalue weighted by Gasteiger charge is -1.86. The minimum atomic E-state index is -0.471. The van der Waals surface area contributed by atoms with E-state index in [-0.39, 0.29) is 0 Å². The van der Waals surface area contributed by atoms with E-state index in [1.54, 1.807) is 5.38 Å². The van der Waals surface area contributed by atoms with Gasteiger partial charge in [0.1, 0.15) is 6.67 Å². The first-order valence-corrected chi connectivity index (χ1v) is 3.94. The van der Waals surface area contributed by atoms with Crippen molar-refractivity contribution in [3.63, 3.8) is 0 Å². The van der Waals surface area contributed by atoms with Crippen LogP contribution in [0.5, 0.6) is 0 Å². The summed E-state index contributed by atoms with van der Waals surface area (Å²) in [5.41, 5.74) is 5.81. The number of nitrogens with two attached hydrogens (primary N) is 1. The lowest BCUT2D eigenvalue weighted by molar-refractivity contribution is 0.477. The molecule has 0 saturated carbocycles.